The van der Waals surface area contributed by atoms with Gasteiger partial charge in [0.05, 0.1) is 0 Å². The Balaban J connectivity index is 1.59. The second kappa shape index (κ2) is 4.58. The molecule has 23 heavy (non-hydrogen) atoms. The van der Waals surface area contributed by atoms with Crippen LogP contribution >= 0.6 is 0 Å². The average Bonchev–Trinajstić information content (AvgIpc) is 3.30. The van der Waals surface area contributed by atoms with Crippen molar-refractivity contribution < 1.29 is 13.3 Å². The van der Waals surface area contributed by atoms with Crippen LogP contribution in [0, 0.1) is 0 Å². The minimum Gasteiger partial charge on any atom is -0.451 e. The van der Waals surface area contributed by atoms with Gasteiger partial charge in [-0.1, -0.05) is 36.4 Å². The monoisotopic (exact) mass is 302 g/mol. The molecular formula is C18H10N2O3. The van der Waals surface area contributed by atoms with Gasteiger partial charge in [-0.2, -0.15) is 0 Å². The highest BCUT2D eigenvalue weighted by atomic mass is 16.4. The molecule has 3 heterocycles. The van der Waals surface area contributed by atoms with E-state index < -0.39 is 0 Å². The molecule has 0 bridgehead atoms. The Morgan fingerprint density at radius 3 is 1.52 bits per heavy atom. The highest BCUT2D eigenvalue weighted by Crippen LogP contribution is 2.31. The van der Waals surface area contributed by atoms with Crippen LogP contribution in [0.5, 0.6) is 0 Å². The highest BCUT2D eigenvalue weighted by Gasteiger charge is 2.17. The van der Waals surface area contributed by atoms with Gasteiger partial charge in [-0.05, 0) is 24.3 Å². The number of nitrogens with zero attached hydrogens (tertiary/aromatic N) is 2. The number of hydrogen-bond donors (Lipinski definition) is 0. The summed E-state index contributed by atoms with van der Waals surface area (Å²) >= 11 is 0. The molecule has 0 N–H and O–H groups in total. The zero-order chi connectivity index (χ0) is 15.2. The lowest BCUT2D eigenvalue weighted by Crippen LogP contribution is -1.72. The summed E-state index contributed by atoms with van der Waals surface area (Å²) in [5, 5.41) is 10.1. The number of hydrogen-bond acceptors (Lipinski definition) is 5. The van der Waals surface area contributed by atoms with E-state index in [-0.39, 0.29) is 0 Å². The SMILES string of the molecule is c1ccc2oc(-c3nnc(-c4cc5ccccc5o4)o3)cc2c1. The first-order valence-electron chi connectivity index (χ1n) is 7.18. The number of furan rings is 2. The van der Waals surface area contributed by atoms with Gasteiger partial charge in [0.15, 0.2) is 11.5 Å². The van der Waals surface area contributed by atoms with E-state index in [1.165, 1.54) is 0 Å². The van der Waals surface area contributed by atoms with Gasteiger partial charge in [0.25, 0.3) is 11.8 Å². The normalized spacial score (nSPS) is 11.5. The van der Waals surface area contributed by atoms with Crippen LogP contribution in [0.3, 0.4) is 0 Å². The minimum atomic E-state index is 0.330. The van der Waals surface area contributed by atoms with Gasteiger partial charge in [-0.15, -0.1) is 10.2 Å². The molecule has 5 rings (SSSR count). The highest BCUT2D eigenvalue weighted by molar-refractivity contribution is 5.82. The van der Waals surface area contributed by atoms with Crippen LogP contribution in [-0.2, 0) is 0 Å². The Morgan fingerprint density at radius 1 is 0.565 bits per heavy atom. The summed E-state index contributed by atoms with van der Waals surface area (Å²) in [5.74, 6) is 1.75. The molecular weight excluding hydrogens is 292 g/mol. The van der Waals surface area contributed by atoms with Crippen molar-refractivity contribution >= 4 is 21.9 Å². The Bertz CT molecular complexity index is 979. The number of rotatable bonds is 2. The Labute approximate surface area is 130 Å². The first-order valence-corrected chi connectivity index (χ1v) is 7.18. The van der Waals surface area contributed by atoms with E-state index in [0.29, 0.717) is 23.3 Å². The third kappa shape index (κ3) is 1.94. The van der Waals surface area contributed by atoms with E-state index >= 15 is 0 Å². The summed E-state index contributed by atoms with van der Waals surface area (Å²) in [7, 11) is 0. The van der Waals surface area contributed by atoms with E-state index in [9.17, 15) is 0 Å². The fourth-order valence-corrected chi connectivity index (χ4v) is 2.60. The van der Waals surface area contributed by atoms with Crippen LogP contribution in [0.1, 0.15) is 0 Å². The summed E-state index contributed by atoms with van der Waals surface area (Å²) in [5.41, 5.74) is 1.57. The van der Waals surface area contributed by atoms with Gasteiger partial charge in [-0.25, -0.2) is 0 Å². The molecule has 5 aromatic rings. The molecule has 0 aliphatic heterocycles. The fraction of sp³-hybridized carbons (Fsp3) is 0. The number of aromatic nitrogens is 2. The Morgan fingerprint density at radius 2 is 1.04 bits per heavy atom. The van der Waals surface area contributed by atoms with Gasteiger partial charge in [0.1, 0.15) is 11.2 Å². The van der Waals surface area contributed by atoms with Crippen molar-refractivity contribution in [2.75, 3.05) is 0 Å². The summed E-state index contributed by atoms with van der Waals surface area (Å²) < 4.78 is 17.2. The van der Waals surface area contributed by atoms with Crippen molar-refractivity contribution in [2.45, 2.75) is 0 Å². The molecule has 0 saturated heterocycles. The molecule has 110 valence electrons. The van der Waals surface area contributed by atoms with Crippen LogP contribution < -0.4 is 0 Å². The van der Waals surface area contributed by atoms with Crippen molar-refractivity contribution in [1.82, 2.24) is 10.2 Å². The predicted molar refractivity (Wildman–Crippen MR) is 84.7 cm³/mol. The minimum absolute atomic E-state index is 0.330. The third-order valence-electron chi connectivity index (χ3n) is 3.70. The second-order valence-electron chi connectivity index (χ2n) is 5.21. The predicted octanol–water partition coefficient (Wildman–Crippen LogP) is 4.90. The number of benzene rings is 2. The van der Waals surface area contributed by atoms with Gasteiger partial charge < -0.3 is 13.3 Å². The molecule has 0 atom stereocenters. The molecule has 2 aromatic carbocycles. The van der Waals surface area contributed by atoms with E-state index in [1.807, 2.05) is 60.7 Å². The molecule has 0 saturated carbocycles. The van der Waals surface area contributed by atoms with E-state index in [2.05, 4.69) is 10.2 Å². The van der Waals surface area contributed by atoms with Crippen molar-refractivity contribution in [3.8, 4) is 23.3 Å². The summed E-state index contributed by atoms with van der Waals surface area (Å²) in [6, 6.07) is 19.2. The maximum atomic E-state index is 5.74. The van der Waals surface area contributed by atoms with Crippen LogP contribution in [0.25, 0.3) is 45.2 Å². The standard InChI is InChI=1S/C18H10N2O3/c1-3-7-13-11(5-1)9-15(21-13)17-19-20-18(23-17)16-10-12-6-2-4-8-14(12)22-16/h1-10H. The summed E-state index contributed by atoms with van der Waals surface area (Å²) in [6.07, 6.45) is 0. The molecule has 0 amide bonds. The second-order valence-corrected chi connectivity index (χ2v) is 5.21. The van der Waals surface area contributed by atoms with Crippen LogP contribution in [0.4, 0.5) is 0 Å². The molecule has 5 heteroatoms. The van der Waals surface area contributed by atoms with E-state index in [1.54, 1.807) is 0 Å². The van der Waals surface area contributed by atoms with Crippen molar-refractivity contribution in [3.05, 3.63) is 60.7 Å². The molecule has 0 aliphatic rings. The topological polar surface area (TPSA) is 65.2 Å². The first-order chi connectivity index (χ1) is 11.4. The van der Waals surface area contributed by atoms with Crippen molar-refractivity contribution in [3.63, 3.8) is 0 Å². The smallest absolute Gasteiger partial charge is 0.284 e. The first kappa shape index (κ1) is 12.2. The lowest BCUT2D eigenvalue weighted by molar-refractivity contribution is 0.520. The zero-order valence-corrected chi connectivity index (χ0v) is 11.9. The summed E-state index contributed by atoms with van der Waals surface area (Å²) in [4.78, 5) is 0. The molecule has 0 radical (unpaired) electrons. The molecule has 5 nitrogen and oxygen atoms in total. The maximum absolute atomic E-state index is 5.74. The van der Waals surface area contributed by atoms with E-state index in [0.717, 1.165) is 21.9 Å². The molecule has 0 unspecified atom stereocenters. The molecule has 0 aliphatic carbocycles. The largest absolute Gasteiger partial charge is 0.451 e. The van der Waals surface area contributed by atoms with E-state index in [4.69, 9.17) is 13.3 Å². The van der Waals surface area contributed by atoms with Gasteiger partial charge in [0.2, 0.25) is 0 Å². The lowest BCUT2D eigenvalue weighted by Gasteiger charge is -1.87. The van der Waals surface area contributed by atoms with Gasteiger partial charge >= 0.3 is 0 Å². The fourth-order valence-electron chi connectivity index (χ4n) is 2.60. The maximum Gasteiger partial charge on any atom is 0.284 e. The van der Waals surface area contributed by atoms with Gasteiger partial charge in [-0.3, -0.25) is 0 Å². The number of fused-ring (bicyclic) bond motifs is 2. The Hall–Kier alpha value is -3.34. The molecule has 0 spiro atoms. The summed E-state index contributed by atoms with van der Waals surface area (Å²) in [6.45, 7) is 0. The van der Waals surface area contributed by atoms with Gasteiger partial charge in [0, 0.05) is 10.8 Å². The van der Waals surface area contributed by atoms with Crippen LogP contribution in [0.2, 0.25) is 0 Å². The van der Waals surface area contributed by atoms with Crippen LogP contribution in [0.15, 0.2) is 73.9 Å². The Kier molecular flexibility index (Phi) is 2.43. The average molecular weight is 302 g/mol. The molecule has 3 aromatic heterocycles. The zero-order valence-electron chi connectivity index (χ0n) is 11.9. The van der Waals surface area contributed by atoms with Crippen LogP contribution in [-0.4, -0.2) is 10.2 Å². The quantitative estimate of drug-likeness (QED) is 0.464. The molecule has 0 fully saturated rings. The third-order valence-corrected chi connectivity index (χ3v) is 3.70. The van der Waals surface area contributed by atoms with Crippen molar-refractivity contribution in [1.29, 1.82) is 0 Å². The van der Waals surface area contributed by atoms with Crippen molar-refractivity contribution in [2.24, 2.45) is 0 Å². The number of para-hydroxylation sites is 2. The lowest BCUT2D eigenvalue weighted by atomic mass is 10.2.